The molecule has 0 spiro atoms. The maximum Gasteiger partial charge on any atom is 0.210 e. The minimum absolute atomic E-state index is 0.348. The predicted octanol–water partition coefficient (Wildman–Crippen LogP) is 4.25. The van der Waals surface area contributed by atoms with Gasteiger partial charge in [0.1, 0.15) is 8.30 Å². The van der Waals surface area contributed by atoms with E-state index >= 15 is 0 Å². The zero-order valence-electron chi connectivity index (χ0n) is 17.6. The summed E-state index contributed by atoms with van der Waals surface area (Å²) < 4.78 is 25.9. The van der Waals surface area contributed by atoms with Gasteiger partial charge in [-0.1, -0.05) is 21.6 Å². The molecule has 0 aromatic carbocycles. The lowest BCUT2D eigenvalue weighted by molar-refractivity contribution is 0.0933. The molecule has 0 saturated heterocycles. The highest BCUT2D eigenvalue weighted by Gasteiger charge is 2.20. The van der Waals surface area contributed by atoms with Crippen molar-refractivity contribution in [1.29, 1.82) is 1.43 Å². The topological polar surface area (TPSA) is 51.2 Å². The van der Waals surface area contributed by atoms with Crippen LogP contribution in [0.15, 0.2) is 0 Å². The fourth-order valence-corrected chi connectivity index (χ4v) is 6.26. The summed E-state index contributed by atoms with van der Waals surface area (Å²) in [5, 5.41) is 4.18. The highest BCUT2D eigenvalue weighted by atomic mass is 33.1. The molecule has 1 N–H and O–H groups in total. The van der Waals surface area contributed by atoms with Gasteiger partial charge in [0.25, 0.3) is 0 Å². The summed E-state index contributed by atoms with van der Waals surface area (Å²) in [4.78, 5) is 0. The van der Waals surface area contributed by atoms with Gasteiger partial charge in [-0.25, -0.2) is 0 Å². The van der Waals surface area contributed by atoms with Crippen molar-refractivity contribution in [2.75, 3.05) is 57.8 Å². The quantitative estimate of drug-likeness (QED) is 0.192. The van der Waals surface area contributed by atoms with Crippen molar-refractivity contribution in [1.82, 2.24) is 4.67 Å². The molecule has 0 rings (SSSR count). The molecule has 8 heteroatoms. The Balaban J connectivity index is 3.33. The molecule has 1 atom stereocenters. The Morgan fingerprint density at radius 1 is 0.920 bits per heavy atom. The SMILES string of the molecule is [2H]OCCOCCCSSCCCOCCOP(C)N(C(C)C)C(C)C. The first-order chi connectivity index (χ1) is 12.5. The number of nitrogens with zero attached hydrogens (tertiary/aromatic N) is 1. The summed E-state index contributed by atoms with van der Waals surface area (Å²) >= 11 is 0. The van der Waals surface area contributed by atoms with Crippen LogP contribution in [0.2, 0.25) is 0 Å². The van der Waals surface area contributed by atoms with E-state index in [4.69, 9.17) is 15.4 Å². The maximum atomic E-state index is 6.53. The first kappa shape index (κ1) is 24.0. The molecule has 0 aromatic rings. The van der Waals surface area contributed by atoms with E-state index in [0.29, 0.717) is 38.5 Å². The Bertz CT molecular complexity index is 300. The van der Waals surface area contributed by atoms with E-state index in [1.807, 2.05) is 21.6 Å². The molecular formula is C17H38NO4PS2. The van der Waals surface area contributed by atoms with Gasteiger partial charge in [-0.3, -0.25) is 4.67 Å². The Kier molecular flexibility index (Phi) is 17.5. The molecule has 0 aliphatic carbocycles. The van der Waals surface area contributed by atoms with E-state index < -0.39 is 8.30 Å². The molecule has 5 nitrogen and oxygen atoms in total. The lowest BCUT2D eigenvalue weighted by Crippen LogP contribution is -2.32. The number of aliphatic hydroxyl groups excluding tert-OH is 1. The zero-order valence-corrected chi connectivity index (χ0v) is 19.1. The fourth-order valence-electron chi connectivity index (χ4n) is 2.36. The van der Waals surface area contributed by atoms with E-state index in [9.17, 15) is 0 Å². The summed E-state index contributed by atoms with van der Waals surface area (Å²) in [6.07, 6.45) is 2.10. The van der Waals surface area contributed by atoms with Crippen molar-refractivity contribution >= 4 is 29.9 Å². The molecule has 0 aliphatic rings. The monoisotopic (exact) mass is 416 g/mol. The second-order valence-corrected chi connectivity index (χ2v) is 10.5. The standard InChI is InChI=1S/C17H38NO4PS2/c1-16(2)18(17(3)4)23(5)22-13-12-21-10-7-15-25-24-14-6-9-20-11-8-19/h16-17,19H,6-15H2,1-5H3/i19D. The van der Waals surface area contributed by atoms with Crippen LogP contribution in [0, 0.1) is 0 Å². The summed E-state index contributed by atoms with van der Waals surface area (Å²) in [7, 11) is 3.23. The second-order valence-electron chi connectivity index (χ2n) is 6.14. The Labute approximate surface area is 165 Å². The third-order valence-corrected chi connectivity index (χ3v) is 7.94. The average molecular weight is 417 g/mol. The molecule has 0 aliphatic heterocycles. The van der Waals surface area contributed by atoms with Crippen molar-refractivity contribution in [3.8, 4) is 0 Å². The molecule has 0 amide bonds. The fraction of sp³-hybridized carbons (Fsp3) is 1.00. The molecule has 152 valence electrons. The van der Waals surface area contributed by atoms with Gasteiger partial charge in [-0.2, -0.15) is 0 Å². The highest BCUT2D eigenvalue weighted by Crippen LogP contribution is 2.40. The summed E-state index contributed by atoms with van der Waals surface area (Å²) in [5.41, 5.74) is 0. The van der Waals surface area contributed by atoms with Crippen molar-refractivity contribution in [2.45, 2.75) is 52.6 Å². The third-order valence-electron chi connectivity index (χ3n) is 3.23. The smallest absolute Gasteiger partial charge is 0.210 e. The van der Waals surface area contributed by atoms with E-state index in [1.165, 1.54) is 0 Å². The van der Waals surface area contributed by atoms with E-state index in [0.717, 1.165) is 37.6 Å². The minimum Gasteiger partial charge on any atom is -0.394 e. The first-order valence-corrected chi connectivity index (χ1v) is 13.3. The van der Waals surface area contributed by atoms with Crippen molar-refractivity contribution < 1.29 is 19.1 Å². The highest BCUT2D eigenvalue weighted by molar-refractivity contribution is 8.76. The number of aliphatic hydroxyl groups is 1. The van der Waals surface area contributed by atoms with Crippen LogP contribution in [0.4, 0.5) is 0 Å². The number of hydrogen-bond donors (Lipinski definition) is 1. The van der Waals surface area contributed by atoms with Crippen LogP contribution in [-0.2, 0) is 14.0 Å². The number of rotatable bonds is 19. The van der Waals surface area contributed by atoms with Crippen LogP contribution < -0.4 is 0 Å². The molecular weight excluding hydrogens is 377 g/mol. The molecule has 0 saturated carbocycles. The molecule has 0 bridgehead atoms. The molecule has 0 heterocycles. The average Bonchev–Trinajstić information content (AvgIpc) is 2.57. The van der Waals surface area contributed by atoms with E-state index in [2.05, 4.69) is 44.1 Å². The van der Waals surface area contributed by atoms with Crippen molar-refractivity contribution in [2.24, 2.45) is 0 Å². The number of hydrogen-bond acceptors (Lipinski definition) is 7. The van der Waals surface area contributed by atoms with Gasteiger partial charge in [-0.05, 0) is 47.2 Å². The van der Waals surface area contributed by atoms with E-state index in [-0.39, 0.29) is 0 Å². The van der Waals surface area contributed by atoms with E-state index in [1.54, 1.807) is 0 Å². The second kappa shape index (κ2) is 18.3. The Hall–Kier alpha value is 0.930. The maximum absolute atomic E-state index is 6.53. The summed E-state index contributed by atoms with van der Waals surface area (Å²) in [5.74, 6) is 2.19. The number of ether oxygens (including phenoxy) is 2. The molecule has 25 heavy (non-hydrogen) atoms. The minimum atomic E-state index is -0.545. The van der Waals surface area contributed by atoms with Gasteiger partial charge in [0.2, 0.25) is 1.43 Å². The summed E-state index contributed by atoms with van der Waals surface area (Å²) in [6.45, 7) is 14.8. The molecule has 0 aromatic heterocycles. The van der Waals surface area contributed by atoms with Gasteiger partial charge < -0.3 is 19.1 Å². The van der Waals surface area contributed by atoms with Gasteiger partial charge in [0.15, 0.2) is 0 Å². The van der Waals surface area contributed by atoms with Crippen LogP contribution in [0.3, 0.4) is 0 Å². The van der Waals surface area contributed by atoms with Gasteiger partial charge in [-0.15, -0.1) is 0 Å². The van der Waals surface area contributed by atoms with Crippen LogP contribution >= 0.6 is 29.9 Å². The van der Waals surface area contributed by atoms with Crippen LogP contribution in [0.1, 0.15) is 40.5 Å². The van der Waals surface area contributed by atoms with Gasteiger partial charge in [0.05, 0.1) is 26.4 Å². The molecule has 0 radical (unpaired) electrons. The third kappa shape index (κ3) is 15.7. The van der Waals surface area contributed by atoms with Crippen molar-refractivity contribution in [3.63, 3.8) is 0 Å². The predicted molar refractivity (Wildman–Crippen MR) is 114 cm³/mol. The lowest BCUT2D eigenvalue weighted by Gasteiger charge is -2.35. The van der Waals surface area contributed by atoms with Crippen LogP contribution in [-0.4, -0.2) is 81.1 Å². The Morgan fingerprint density at radius 2 is 1.48 bits per heavy atom. The zero-order chi connectivity index (χ0) is 19.6. The lowest BCUT2D eigenvalue weighted by atomic mass is 10.3. The van der Waals surface area contributed by atoms with Gasteiger partial charge in [0, 0.05) is 36.8 Å². The summed E-state index contributed by atoms with van der Waals surface area (Å²) in [6, 6.07) is 1.01. The van der Waals surface area contributed by atoms with Crippen LogP contribution in [0.5, 0.6) is 0 Å². The largest absolute Gasteiger partial charge is 0.394 e. The molecule has 0 fully saturated rings. The molecule has 1 unspecified atom stereocenters. The van der Waals surface area contributed by atoms with Gasteiger partial charge >= 0.3 is 0 Å². The van der Waals surface area contributed by atoms with Crippen LogP contribution in [0.25, 0.3) is 0 Å². The van der Waals surface area contributed by atoms with Crippen molar-refractivity contribution in [3.05, 3.63) is 0 Å². The first-order valence-electron chi connectivity index (χ1n) is 9.54. The Morgan fingerprint density at radius 3 is 2.00 bits per heavy atom. The normalized spacial score (nSPS) is 13.8.